The molecule has 38 heavy (non-hydrogen) atoms. The molecule has 0 spiro atoms. The number of amides is 1. The molecule has 0 radical (unpaired) electrons. The Balaban J connectivity index is 1.89. The number of hydrogen-bond acceptors (Lipinski definition) is 5. The van der Waals surface area contributed by atoms with E-state index in [1.165, 1.54) is 13.8 Å². The maximum Gasteiger partial charge on any atom is 0.308 e. The number of carbonyl (C=O) groups is 4. The second-order valence-electron chi connectivity index (χ2n) is 9.50. The van der Waals surface area contributed by atoms with Crippen molar-refractivity contribution < 1.29 is 29.0 Å². The summed E-state index contributed by atoms with van der Waals surface area (Å²) in [6.45, 7) is 5.13. The van der Waals surface area contributed by atoms with Gasteiger partial charge in [-0.3, -0.25) is 23.7 Å². The molecule has 3 aromatic rings. The van der Waals surface area contributed by atoms with Gasteiger partial charge in [0, 0.05) is 44.3 Å². The molecule has 1 amide bonds. The predicted octanol–water partition coefficient (Wildman–Crippen LogP) is 5.93. The summed E-state index contributed by atoms with van der Waals surface area (Å²) in [5.74, 6) is -1.11. The van der Waals surface area contributed by atoms with E-state index >= 15 is 0 Å². The van der Waals surface area contributed by atoms with Gasteiger partial charge in [-0.15, -0.1) is 0 Å². The first kappa shape index (κ1) is 28.6. The van der Waals surface area contributed by atoms with Crippen LogP contribution in [0.4, 0.5) is 5.69 Å². The number of carboxylic acids is 1. The minimum Gasteiger partial charge on any atom is -0.481 e. The fourth-order valence-corrected chi connectivity index (χ4v) is 4.78. The molecule has 0 bridgehead atoms. The van der Waals surface area contributed by atoms with Gasteiger partial charge in [-0.05, 0) is 49.9 Å². The number of benzene rings is 2. The molecule has 1 heterocycles. The van der Waals surface area contributed by atoms with Gasteiger partial charge in [0.05, 0.1) is 11.2 Å². The van der Waals surface area contributed by atoms with Crippen LogP contribution in [-0.2, 0) is 20.8 Å². The number of esters is 1. The number of rotatable bonds is 13. The SMILES string of the molecule is CC(=O)Oc1ccc2c(c1)c(N(CCCCCCCC(=O)O)C(C)=O)c(C)n2C(=O)CCc1ccccc1. The van der Waals surface area contributed by atoms with Gasteiger partial charge in [0.1, 0.15) is 5.75 Å². The first-order valence-corrected chi connectivity index (χ1v) is 13.1. The number of hydrogen-bond donors (Lipinski definition) is 1. The number of fused-ring (bicyclic) bond motifs is 1. The molecule has 2 aromatic carbocycles. The number of ether oxygens (including phenoxy) is 1. The number of aryl methyl sites for hydroxylation is 1. The van der Waals surface area contributed by atoms with Crippen molar-refractivity contribution >= 4 is 40.3 Å². The second kappa shape index (κ2) is 13.6. The summed E-state index contributed by atoms with van der Waals surface area (Å²) in [5.41, 5.74) is 3.03. The lowest BCUT2D eigenvalue weighted by molar-refractivity contribution is -0.137. The Hall–Kier alpha value is -3.94. The van der Waals surface area contributed by atoms with Crippen LogP contribution < -0.4 is 9.64 Å². The first-order valence-electron chi connectivity index (χ1n) is 13.1. The molecule has 0 aliphatic carbocycles. The minimum atomic E-state index is -0.786. The largest absolute Gasteiger partial charge is 0.481 e. The van der Waals surface area contributed by atoms with E-state index in [2.05, 4.69) is 0 Å². The summed E-state index contributed by atoms with van der Waals surface area (Å²) in [7, 11) is 0. The number of unbranched alkanes of at least 4 members (excludes halogenated alkanes) is 4. The monoisotopic (exact) mass is 520 g/mol. The van der Waals surface area contributed by atoms with Gasteiger partial charge < -0.3 is 14.7 Å². The summed E-state index contributed by atoms with van der Waals surface area (Å²) >= 11 is 0. The average molecular weight is 521 g/mol. The number of aliphatic carboxylic acids is 1. The highest BCUT2D eigenvalue weighted by Gasteiger charge is 2.25. The van der Waals surface area contributed by atoms with Crippen molar-refractivity contribution in [2.45, 2.75) is 72.1 Å². The number of aromatic nitrogens is 1. The van der Waals surface area contributed by atoms with Crippen LogP contribution >= 0.6 is 0 Å². The Kier molecular flexibility index (Phi) is 10.2. The summed E-state index contributed by atoms with van der Waals surface area (Å²) in [4.78, 5) is 50.2. The molecule has 0 aliphatic heterocycles. The predicted molar refractivity (Wildman–Crippen MR) is 147 cm³/mol. The number of carboxylic acid groups (broad SMARTS) is 1. The fraction of sp³-hybridized carbons (Fsp3) is 0.400. The standard InChI is InChI=1S/C30H36N2O6/c1-21-30(31(22(2)33)19-11-6-4-5-10-14-29(36)37)26-20-25(38-23(3)34)16-17-27(26)32(21)28(35)18-15-24-12-8-7-9-13-24/h7-9,12-13,16-17,20H,4-6,10-11,14-15,18-19H2,1-3H3,(H,36,37). The molecule has 1 aromatic heterocycles. The van der Waals surface area contributed by atoms with Crippen LogP contribution in [0.1, 0.15) is 74.8 Å². The van der Waals surface area contributed by atoms with E-state index in [0.29, 0.717) is 53.8 Å². The third-order valence-electron chi connectivity index (χ3n) is 6.55. The summed E-state index contributed by atoms with van der Waals surface area (Å²) in [6, 6.07) is 14.9. The van der Waals surface area contributed by atoms with Crippen LogP contribution in [-0.4, -0.2) is 40.0 Å². The molecule has 1 N–H and O–H groups in total. The van der Waals surface area contributed by atoms with Crippen LogP contribution in [0.25, 0.3) is 10.9 Å². The van der Waals surface area contributed by atoms with Crippen LogP contribution in [0.3, 0.4) is 0 Å². The van der Waals surface area contributed by atoms with Crippen molar-refractivity contribution in [2.24, 2.45) is 0 Å². The van der Waals surface area contributed by atoms with E-state index < -0.39 is 11.9 Å². The molecule has 0 saturated heterocycles. The third-order valence-corrected chi connectivity index (χ3v) is 6.55. The minimum absolute atomic E-state index is 0.0789. The van der Waals surface area contributed by atoms with Gasteiger partial charge in [-0.1, -0.05) is 49.6 Å². The highest BCUT2D eigenvalue weighted by molar-refractivity contribution is 6.08. The molecular weight excluding hydrogens is 484 g/mol. The van der Waals surface area contributed by atoms with Crippen molar-refractivity contribution in [3.8, 4) is 5.75 Å². The van der Waals surface area contributed by atoms with E-state index in [1.807, 2.05) is 37.3 Å². The normalized spacial score (nSPS) is 10.9. The molecular formula is C30H36N2O6. The lowest BCUT2D eigenvalue weighted by Crippen LogP contribution is -2.30. The van der Waals surface area contributed by atoms with Crippen LogP contribution in [0.2, 0.25) is 0 Å². The average Bonchev–Trinajstić information content (AvgIpc) is 3.15. The summed E-state index contributed by atoms with van der Waals surface area (Å²) in [6.07, 6.45) is 5.01. The van der Waals surface area contributed by atoms with Gasteiger partial charge in [-0.2, -0.15) is 0 Å². The lowest BCUT2D eigenvalue weighted by atomic mass is 10.1. The molecule has 8 heteroatoms. The van der Waals surface area contributed by atoms with E-state index in [1.54, 1.807) is 27.7 Å². The Morgan fingerprint density at radius 3 is 2.24 bits per heavy atom. The van der Waals surface area contributed by atoms with Gasteiger partial charge in [0.25, 0.3) is 0 Å². The van der Waals surface area contributed by atoms with Gasteiger partial charge in [-0.25, -0.2) is 0 Å². The smallest absolute Gasteiger partial charge is 0.308 e. The van der Waals surface area contributed by atoms with Crippen LogP contribution in [0.5, 0.6) is 5.75 Å². The maximum atomic E-state index is 13.5. The van der Waals surface area contributed by atoms with Crippen molar-refractivity contribution in [2.75, 3.05) is 11.4 Å². The Morgan fingerprint density at radius 1 is 0.895 bits per heavy atom. The van der Waals surface area contributed by atoms with Crippen LogP contribution in [0.15, 0.2) is 48.5 Å². The molecule has 0 saturated carbocycles. The zero-order chi connectivity index (χ0) is 27.7. The highest BCUT2D eigenvalue weighted by atomic mass is 16.5. The quantitative estimate of drug-likeness (QED) is 0.170. The molecule has 0 aliphatic rings. The zero-order valence-electron chi connectivity index (χ0n) is 22.4. The lowest BCUT2D eigenvalue weighted by Gasteiger charge is -2.22. The summed E-state index contributed by atoms with van der Waals surface area (Å²) in [5, 5.41) is 9.46. The molecule has 0 fully saturated rings. The highest BCUT2D eigenvalue weighted by Crippen LogP contribution is 2.37. The van der Waals surface area contributed by atoms with E-state index in [4.69, 9.17) is 9.84 Å². The molecule has 0 atom stereocenters. The fourth-order valence-electron chi connectivity index (χ4n) is 4.78. The van der Waals surface area contributed by atoms with E-state index in [-0.39, 0.29) is 18.2 Å². The Morgan fingerprint density at radius 2 is 1.58 bits per heavy atom. The molecule has 3 rings (SSSR count). The van der Waals surface area contributed by atoms with Crippen molar-refractivity contribution in [1.29, 1.82) is 0 Å². The Labute approximate surface area is 223 Å². The van der Waals surface area contributed by atoms with E-state index in [0.717, 1.165) is 31.2 Å². The summed E-state index contributed by atoms with van der Waals surface area (Å²) < 4.78 is 6.97. The first-order chi connectivity index (χ1) is 18.2. The van der Waals surface area contributed by atoms with Gasteiger partial charge >= 0.3 is 11.9 Å². The topological polar surface area (TPSA) is 106 Å². The molecule has 202 valence electrons. The Bertz CT molecular complexity index is 1300. The number of anilines is 1. The van der Waals surface area contributed by atoms with Gasteiger partial charge in [0.2, 0.25) is 11.8 Å². The van der Waals surface area contributed by atoms with Crippen molar-refractivity contribution in [3.05, 3.63) is 59.8 Å². The van der Waals surface area contributed by atoms with E-state index in [9.17, 15) is 19.2 Å². The molecule has 0 unspecified atom stereocenters. The zero-order valence-corrected chi connectivity index (χ0v) is 22.4. The van der Waals surface area contributed by atoms with Crippen molar-refractivity contribution in [3.63, 3.8) is 0 Å². The maximum absolute atomic E-state index is 13.5. The second-order valence-corrected chi connectivity index (χ2v) is 9.50. The third kappa shape index (κ3) is 7.54. The van der Waals surface area contributed by atoms with Gasteiger partial charge in [0.15, 0.2) is 0 Å². The molecule has 8 nitrogen and oxygen atoms in total. The van der Waals surface area contributed by atoms with Crippen molar-refractivity contribution in [1.82, 2.24) is 4.57 Å². The number of nitrogens with zero attached hydrogens (tertiary/aromatic N) is 2. The number of carbonyl (C=O) groups excluding carboxylic acids is 3. The van der Waals surface area contributed by atoms with Crippen LogP contribution in [0, 0.1) is 6.92 Å².